The van der Waals surface area contributed by atoms with E-state index >= 15 is 0 Å². The molecule has 0 unspecified atom stereocenters. The van der Waals surface area contributed by atoms with Crippen LogP contribution < -0.4 is 0 Å². The average molecular weight is 1010 g/mol. The van der Waals surface area contributed by atoms with Crippen molar-refractivity contribution in [2.45, 2.75) is 0 Å². The molecule has 0 radical (unpaired) electrons. The number of aromatic nitrogens is 2. The number of fused-ring (bicyclic) bond motifs is 14. The molecule has 4 heterocycles. The van der Waals surface area contributed by atoms with E-state index < -0.39 is 0 Å². The van der Waals surface area contributed by atoms with E-state index in [0.29, 0.717) is 0 Å². The Labute approximate surface area is 462 Å². The van der Waals surface area contributed by atoms with Gasteiger partial charge >= 0.3 is 0 Å². The summed E-state index contributed by atoms with van der Waals surface area (Å²) in [6.45, 7) is 0. The maximum absolute atomic E-state index is 2.60. The monoisotopic (exact) mass is 1010 g/mol. The normalized spacial score (nSPS) is 12.0. The van der Waals surface area contributed by atoms with Crippen molar-refractivity contribution in [3.63, 3.8) is 0 Å². The Morgan fingerprint density at radius 3 is 0.750 bits per heavy atom. The molecule has 0 saturated carbocycles. The fourth-order valence-corrected chi connectivity index (χ4v) is 13.8. The van der Waals surface area contributed by atoms with E-state index in [1.807, 2.05) is 0 Å². The second-order valence-corrected chi connectivity index (χ2v) is 21.5. The summed E-state index contributed by atoms with van der Waals surface area (Å²) in [5.41, 5.74) is 26.6. The van der Waals surface area contributed by atoms with E-state index in [1.165, 1.54) is 165 Å². The minimum Gasteiger partial charge on any atom is -0.308 e. The molecule has 2 heteroatoms. The van der Waals surface area contributed by atoms with Crippen LogP contribution in [0, 0.1) is 0 Å². The van der Waals surface area contributed by atoms with Gasteiger partial charge in [-0.25, -0.2) is 0 Å². The molecule has 2 nitrogen and oxygen atoms in total. The first-order valence-corrected chi connectivity index (χ1v) is 27.7. The largest absolute Gasteiger partial charge is 0.308 e. The highest BCUT2D eigenvalue weighted by Crippen LogP contribution is 2.54. The topological polar surface area (TPSA) is 8.82 Å². The van der Waals surface area contributed by atoms with E-state index in [0.717, 1.165) is 0 Å². The van der Waals surface area contributed by atoms with Crippen molar-refractivity contribution >= 4 is 76.2 Å². The van der Waals surface area contributed by atoms with Crippen molar-refractivity contribution in [3.8, 4) is 89.0 Å². The van der Waals surface area contributed by atoms with Crippen molar-refractivity contribution in [1.82, 2.24) is 8.80 Å². The smallest absolute Gasteiger partial charge is 0.0634 e. The Balaban J connectivity index is 0.974. The van der Waals surface area contributed by atoms with Crippen molar-refractivity contribution in [2.24, 2.45) is 0 Å². The second kappa shape index (κ2) is 17.5. The standard InChI is InChI=1S/C78H48N2/c1-7-23-49(24-8-1)57-43-63(51-27-11-3-12-28-51)71(64(44-57)52-29-13-4-14-30-52)55-39-41-61-69(47-55)79-67-37-21-19-35-59(67)74-76-62-42-40-56(48-70(62)80-68-38-22-20-36-60(68)73(78(76)80)75(61)77(74)79)72-65(53-31-15-5-16-32-53)45-58(50-25-9-2-10-26-50)46-66(72)54-33-17-6-18-34-54/h1-48H. The van der Waals surface area contributed by atoms with Gasteiger partial charge in [0.1, 0.15) is 0 Å². The molecule has 0 aliphatic rings. The summed E-state index contributed by atoms with van der Waals surface area (Å²) < 4.78 is 5.20. The summed E-state index contributed by atoms with van der Waals surface area (Å²) in [5, 5.41) is 10.3. The molecule has 0 N–H and O–H groups in total. The summed E-state index contributed by atoms with van der Waals surface area (Å²) in [5.74, 6) is 0. The van der Waals surface area contributed by atoms with Crippen LogP contribution in [0.25, 0.3) is 165 Å². The minimum atomic E-state index is 1.19. The molecular formula is C78H48N2. The van der Waals surface area contributed by atoms with Gasteiger partial charge in [0.15, 0.2) is 0 Å². The summed E-state index contributed by atoms with van der Waals surface area (Å²) in [6, 6.07) is 108. The van der Waals surface area contributed by atoms with Crippen LogP contribution in [0.3, 0.4) is 0 Å². The molecule has 0 aliphatic heterocycles. The first-order valence-electron chi connectivity index (χ1n) is 27.7. The molecule has 0 saturated heterocycles. The highest BCUT2D eigenvalue weighted by Gasteiger charge is 2.30. The molecule has 0 aliphatic carbocycles. The summed E-state index contributed by atoms with van der Waals surface area (Å²) in [7, 11) is 0. The lowest BCUT2D eigenvalue weighted by Gasteiger charge is -2.19. The van der Waals surface area contributed by atoms with Crippen molar-refractivity contribution in [2.75, 3.05) is 0 Å². The zero-order valence-corrected chi connectivity index (χ0v) is 43.6. The van der Waals surface area contributed by atoms with E-state index in [1.54, 1.807) is 0 Å². The quantitative estimate of drug-likeness (QED) is 0.143. The van der Waals surface area contributed by atoms with Crippen LogP contribution in [0.2, 0.25) is 0 Å². The Hall–Kier alpha value is -10.5. The third-order valence-electron chi connectivity index (χ3n) is 17.1. The Morgan fingerprint density at radius 2 is 0.438 bits per heavy atom. The van der Waals surface area contributed by atoms with Gasteiger partial charge in [0.2, 0.25) is 0 Å². The molecule has 0 amide bonds. The molecule has 370 valence electrons. The SMILES string of the molecule is c1ccc(-c2cc(-c3ccccc3)c(-c3ccc4c5c6c7ccccc7n7c8cc(-c9c(-c%10ccccc%10)cc(-c%10ccccc%10)cc9-c9ccccc9)ccc8c(c8c9ccccc9n(c4c3)c85)c67)c(-c3ccccc3)c2)cc1. The molecule has 0 bridgehead atoms. The minimum absolute atomic E-state index is 1.19. The van der Waals surface area contributed by atoms with Crippen LogP contribution in [-0.4, -0.2) is 8.80 Å². The van der Waals surface area contributed by atoms with Gasteiger partial charge in [0, 0.05) is 43.1 Å². The van der Waals surface area contributed by atoms with Crippen LogP contribution in [0.1, 0.15) is 0 Å². The predicted molar refractivity (Wildman–Crippen MR) is 339 cm³/mol. The van der Waals surface area contributed by atoms with Gasteiger partial charge in [-0.2, -0.15) is 0 Å². The third kappa shape index (κ3) is 6.54. The number of nitrogens with zero attached hydrogens (tertiary/aromatic N) is 2. The van der Waals surface area contributed by atoms with Gasteiger partial charge in [-0.3, -0.25) is 0 Å². The number of hydrogen-bond acceptors (Lipinski definition) is 0. The molecular weight excluding hydrogens is 965 g/mol. The van der Waals surface area contributed by atoms with Gasteiger partial charge in [-0.05, 0) is 138 Å². The van der Waals surface area contributed by atoms with Gasteiger partial charge in [-0.1, -0.05) is 243 Å². The lowest BCUT2D eigenvalue weighted by atomic mass is 9.84. The van der Waals surface area contributed by atoms with Crippen LogP contribution in [0.5, 0.6) is 0 Å². The Kier molecular flexibility index (Phi) is 9.75. The first-order chi connectivity index (χ1) is 39.7. The molecule has 80 heavy (non-hydrogen) atoms. The zero-order chi connectivity index (χ0) is 52.4. The van der Waals surface area contributed by atoms with Crippen molar-refractivity contribution < 1.29 is 0 Å². The fraction of sp³-hybridized carbons (Fsp3) is 0. The van der Waals surface area contributed by atoms with Crippen molar-refractivity contribution in [3.05, 3.63) is 291 Å². The maximum atomic E-state index is 2.60. The van der Waals surface area contributed by atoms with E-state index in [9.17, 15) is 0 Å². The highest BCUT2D eigenvalue weighted by molar-refractivity contribution is 6.45. The van der Waals surface area contributed by atoms with Crippen LogP contribution in [0.4, 0.5) is 0 Å². The van der Waals surface area contributed by atoms with E-state index in [-0.39, 0.29) is 0 Å². The van der Waals surface area contributed by atoms with Crippen LogP contribution in [0.15, 0.2) is 291 Å². The first kappa shape index (κ1) is 44.6. The van der Waals surface area contributed by atoms with Crippen LogP contribution in [-0.2, 0) is 0 Å². The van der Waals surface area contributed by atoms with E-state index in [4.69, 9.17) is 0 Å². The van der Waals surface area contributed by atoms with Gasteiger partial charge in [0.05, 0.1) is 33.1 Å². The predicted octanol–water partition coefficient (Wildman–Crippen LogP) is 21.3. The van der Waals surface area contributed by atoms with Crippen molar-refractivity contribution in [1.29, 1.82) is 0 Å². The lowest BCUT2D eigenvalue weighted by molar-refractivity contribution is 1.37. The molecule has 4 aromatic heterocycles. The molecule has 0 fully saturated rings. The molecule has 0 atom stereocenters. The number of rotatable bonds is 8. The van der Waals surface area contributed by atoms with Gasteiger partial charge in [-0.15, -0.1) is 0 Å². The third-order valence-corrected chi connectivity index (χ3v) is 17.1. The summed E-state index contributed by atoms with van der Waals surface area (Å²) in [6.07, 6.45) is 0. The molecule has 13 aromatic carbocycles. The Morgan fingerprint density at radius 1 is 0.175 bits per heavy atom. The molecule has 17 rings (SSSR count). The van der Waals surface area contributed by atoms with Gasteiger partial charge < -0.3 is 8.80 Å². The maximum Gasteiger partial charge on any atom is 0.0634 e. The zero-order valence-electron chi connectivity index (χ0n) is 43.6. The van der Waals surface area contributed by atoms with E-state index in [2.05, 4.69) is 300 Å². The van der Waals surface area contributed by atoms with Crippen LogP contribution >= 0.6 is 0 Å². The molecule has 17 aromatic rings. The highest BCUT2D eigenvalue weighted by atomic mass is 14.9. The number of benzene rings is 13. The molecule has 0 spiro atoms. The average Bonchev–Trinajstić information content (AvgIpc) is 3.87. The summed E-state index contributed by atoms with van der Waals surface area (Å²) in [4.78, 5) is 0. The Bertz CT molecular complexity index is 4780. The lowest BCUT2D eigenvalue weighted by Crippen LogP contribution is -1.93. The number of hydrogen-bond donors (Lipinski definition) is 0. The van der Waals surface area contributed by atoms with Gasteiger partial charge in [0.25, 0.3) is 0 Å². The number of para-hydroxylation sites is 2. The summed E-state index contributed by atoms with van der Waals surface area (Å²) >= 11 is 0. The fourth-order valence-electron chi connectivity index (χ4n) is 13.8. The second-order valence-electron chi connectivity index (χ2n) is 21.5.